The molecule has 0 saturated heterocycles. The summed E-state index contributed by atoms with van der Waals surface area (Å²) in [6.45, 7) is 1.91. The predicted molar refractivity (Wildman–Crippen MR) is 61.3 cm³/mol. The lowest BCUT2D eigenvalue weighted by atomic mass is 9.92. The maximum Gasteiger partial charge on any atom is 0.416 e. The maximum absolute atomic E-state index is 12.5. The second kappa shape index (κ2) is 5.89. The van der Waals surface area contributed by atoms with Gasteiger partial charge >= 0.3 is 12.1 Å². The summed E-state index contributed by atoms with van der Waals surface area (Å²) in [5, 5.41) is 9.07. The standard InChI is InChI=1S/C13H15F3O2/c1-2-3-7-11(12(17)18)9-5-4-6-10(8-9)13(14,15)16/h4-6,8,11H,2-3,7H2,1H3,(H,17,18). The molecule has 5 heteroatoms. The van der Waals surface area contributed by atoms with Crippen LogP contribution in [0.15, 0.2) is 24.3 Å². The SMILES string of the molecule is CCCCC(C(=O)O)c1cccc(C(F)(F)F)c1. The van der Waals surface area contributed by atoms with Crippen molar-refractivity contribution in [3.05, 3.63) is 35.4 Å². The van der Waals surface area contributed by atoms with Crippen molar-refractivity contribution in [1.29, 1.82) is 0 Å². The minimum absolute atomic E-state index is 0.214. The predicted octanol–water partition coefficient (Wildman–Crippen LogP) is 4.06. The number of unbranched alkanes of at least 4 members (excludes halogenated alkanes) is 1. The van der Waals surface area contributed by atoms with Crippen molar-refractivity contribution >= 4 is 5.97 Å². The number of carboxylic acid groups (broad SMARTS) is 1. The lowest BCUT2D eigenvalue weighted by molar-refractivity contribution is -0.140. The molecule has 0 aliphatic heterocycles. The maximum atomic E-state index is 12.5. The number of carbonyl (C=O) groups is 1. The minimum atomic E-state index is -4.44. The van der Waals surface area contributed by atoms with E-state index in [1.165, 1.54) is 12.1 Å². The Kier molecular flexibility index (Phi) is 4.76. The Balaban J connectivity index is 3.02. The number of halogens is 3. The quantitative estimate of drug-likeness (QED) is 0.866. The van der Waals surface area contributed by atoms with E-state index in [1.54, 1.807) is 0 Å². The van der Waals surface area contributed by atoms with Crippen LogP contribution in [0.3, 0.4) is 0 Å². The Morgan fingerprint density at radius 1 is 1.39 bits per heavy atom. The summed E-state index contributed by atoms with van der Waals surface area (Å²) in [6, 6.07) is 4.56. The molecule has 0 bridgehead atoms. The third-order valence-corrected chi connectivity index (χ3v) is 2.76. The second-order valence-corrected chi connectivity index (χ2v) is 4.16. The fraction of sp³-hybridized carbons (Fsp3) is 0.462. The smallest absolute Gasteiger partial charge is 0.416 e. The van der Waals surface area contributed by atoms with E-state index in [2.05, 4.69) is 0 Å². The van der Waals surface area contributed by atoms with Crippen LogP contribution >= 0.6 is 0 Å². The molecule has 0 aliphatic rings. The Labute approximate surface area is 103 Å². The number of alkyl halides is 3. The lowest BCUT2D eigenvalue weighted by Crippen LogP contribution is -2.13. The highest BCUT2D eigenvalue weighted by Gasteiger charge is 2.31. The fourth-order valence-electron chi connectivity index (χ4n) is 1.77. The number of hydrogen-bond donors (Lipinski definition) is 1. The molecule has 1 aromatic rings. The van der Waals surface area contributed by atoms with Gasteiger partial charge in [-0.25, -0.2) is 0 Å². The summed E-state index contributed by atoms with van der Waals surface area (Å²) in [4.78, 5) is 11.1. The zero-order valence-electron chi connectivity index (χ0n) is 10.00. The summed E-state index contributed by atoms with van der Waals surface area (Å²) in [6.07, 6.45) is -2.60. The normalized spacial score (nSPS) is 13.3. The van der Waals surface area contributed by atoms with Crippen LogP contribution in [-0.2, 0) is 11.0 Å². The average molecular weight is 260 g/mol. The topological polar surface area (TPSA) is 37.3 Å². The van der Waals surface area contributed by atoms with Gasteiger partial charge in [-0.05, 0) is 18.1 Å². The number of benzene rings is 1. The van der Waals surface area contributed by atoms with Crippen molar-refractivity contribution in [2.24, 2.45) is 0 Å². The van der Waals surface area contributed by atoms with Crippen molar-refractivity contribution < 1.29 is 23.1 Å². The van der Waals surface area contributed by atoms with Crippen molar-refractivity contribution in [2.45, 2.75) is 38.3 Å². The summed E-state index contributed by atoms with van der Waals surface area (Å²) in [5.41, 5.74) is -0.589. The van der Waals surface area contributed by atoms with Crippen LogP contribution in [0.25, 0.3) is 0 Å². The van der Waals surface area contributed by atoms with E-state index in [-0.39, 0.29) is 5.56 Å². The van der Waals surface area contributed by atoms with E-state index in [0.29, 0.717) is 12.8 Å². The van der Waals surface area contributed by atoms with E-state index in [9.17, 15) is 18.0 Å². The Morgan fingerprint density at radius 2 is 2.06 bits per heavy atom. The zero-order valence-corrected chi connectivity index (χ0v) is 10.00. The third-order valence-electron chi connectivity index (χ3n) is 2.76. The van der Waals surface area contributed by atoms with Gasteiger partial charge < -0.3 is 5.11 Å². The molecule has 1 atom stereocenters. The van der Waals surface area contributed by atoms with Crippen LogP contribution in [0, 0.1) is 0 Å². The molecule has 0 radical (unpaired) electrons. The van der Waals surface area contributed by atoms with Crippen molar-refractivity contribution in [3.8, 4) is 0 Å². The Morgan fingerprint density at radius 3 is 2.56 bits per heavy atom. The van der Waals surface area contributed by atoms with Gasteiger partial charge in [0.25, 0.3) is 0 Å². The highest BCUT2D eigenvalue weighted by Crippen LogP contribution is 2.32. The molecule has 1 rings (SSSR count). The summed E-state index contributed by atoms with van der Waals surface area (Å²) < 4.78 is 37.6. The Hall–Kier alpha value is -1.52. The molecule has 2 nitrogen and oxygen atoms in total. The van der Waals surface area contributed by atoms with E-state index in [1.807, 2.05) is 6.92 Å². The van der Waals surface area contributed by atoms with Crippen molar-refractivity contribution in [2.75, 3.05) is 0 Å². The van der Waals surface area contributed by atoms with Crippen LogP contribution in [0.2, 0.25) is 0 Å². The molecule has 0 amide bonds. The van der Waals surface area contributed by atoms with Gasteiger partial charge in [-0.2, -0.15) is 13.2 Å². The van der Waals surface area contributed by atoms with Gasteiger partial charge in [0.2, 0.25) is 0 Å². The molecule has 100 valence electrons. The highest BCUT2D eigenvalue weighted by molar-refractivity contribution is 5.76. The van der Waals surface area contributed by atoms with Crippen LogP contribution in [0.5, 0.6) is 0 Å². The van der Waals surface area contributed by atoms with Gasteiger partial charge in [0.15, 0.2) is 0 Å². The lowest BCUT2D eigenvalue weighted by Gasteiger charge is -2.14. The molecule has 0 spiro atoms. The molecule has 1 N–H and O–H groups in total. The van der Waals surface area contributed by atoms with Crippen LogP contribution in [0.4, 0.5) is 13.2 Å². The summed E-state index contributed by atoms with van der Waals surface area (Å²) >= 11 is 0. The largest absolute Gasteiger partial charge is 0.481 e. The zero-order chi connectivity index (χ0) is 13.8. The first-order valence-electron chi connectivity index (χ1n) is 5.76. The molecule has 0 saturated carbocycles. The molecule has 0 heterocycles. The Bertz CT molecular complexity index is 413. The minimum Gasteiger partial charge on any atom is -0.481 e. The second-order valence-electron chi connectivity index (χ2n) is 4.16. The highest BCUT2D eigenvalue weighted by atomic mass is 19.4. The van der Waals surface area contributed by atoms with E-state index >= 15 is 0 Å². The van der Waals surface area contributed by atoms with Crippen LogP contribution in [-0.4, -0.2) is 11.1 Å². The van der Waals surface area contributed by atoms with E-state index < -0.39 is 23.6 Å². The van der Waals surface area contributed by atoms with Gasteiger partial charge in [0.1, 0.15) is 0 Å². The fourth-order valence-corrected chi connectivity index (χ4v) is 1.77. The first-order chi connectivity index (χ1) is 8.36. The van der Waals surface area contributed by atoms with Gasteiger partial charge in [-0.3, -0.25) is 4.79 Å². The molecule has 1 unspecified atom stereocenters. The third kappa shape index (κ3) is 3.75. The van der Waals surface area contributed by atoms with Gasteiger partial charge in [-0.15, -0.1) is 0 Å². The van der Waals surface area contributed by atoms with Crippen molar-refractivity contribution in [1.82, 2.24) is 0 Å². The summed E-state index contributed by atoms with van der Waals surface area (Å²) in [5.74, 6) is -1.95. The molecule has 1 aromatic carbocycles. The average Bonchev–Trinajstić information content (AvgIpc) is 2.28. The number of carboxylic acids is 1. The van der Waals surface area contributed by atoms with Gasteiger partial charge in [0.05, 0.1) is 11.5 Å². The monoisotopic (exact) mass is 260 g/mol. The molecule has 18 heavy (non-hydrogen) atoms. The van der Waals surface area contributed by atoms with E-state index in [0.717, 1.165) is 18.6 Å². The van der Waals surface area contributed by atoms with Gasteiger partial charge in [0, 0.05) is 0 Å². The number of aliphatic carboxylic acids is 1. The van der Waals surface area contributed by atoms with Crippen molar-refractivity contribution in [3.63, 3.8) is 0 Å². The van der Waals surface area contributed by atoms with Crippen LogP contribution in [0.1, 0.15) is 43.2 Å². The molecule has 0 aromatic heterocycles. The molecular weight excluding hydrogens is 245 g/mol. The first kappa shape index (κ1) is 14.5. The summed E-state index contributed by atoms with van der Waals surface area (Å²) in [7, 11) is 0. The molecule has 0 aliphatic carbocycles. The van der Waals surface area contributed by atoms with Crippen LogP contribution < -0.4 is 0 Å². The number of hydrogen-bond acceptors (Lipinski definition) is 1. The molecular formula is C13H15F3O2. The van der Waals surface area contributed by atoms with E-state index in [4.69, 9.17) is 5.11 Å². The first-order valence-corrected chi connectivity index (χ1v) is 5.76. The molecule has 0 fully saturated rings. The van der Waals surface area contributed by atoms with Gasteiger partial charge in [-0.1, -0.05) is 38.0 Å². The number of rotatable bonds is 5.